The van der Waals surface area contributed by atoms with Gasteiger partial charge in [-0.15, -0.1) is 0 Å². The zero-order valence-corrected chi connectivity index (χ0v) is 11.2. The van der Waals surface area contributed by atoms with Gasteiger partial charge >= 0.3 is 0 Å². The standard InChI is InChI=1S/C11H19N7/c1-9-7-15-11(18(9)4)17(3)6-5-14-10(13-2)16-8-12/h7H,5-6H2,1-4H3,(H2,13,14,16). The van der Waals surface area contributed by atoms with E-state index in [2.05, 4.69) is 20.6 Å². The molecule has 0 aromatic carbocycles. The Labute approximate surface area is 107 Å². The highest BCUT2D eigenvalue weighted by atomic mass is 15.3. The molecule has 1 rings (SSSR count). The van der Waals surface area contributed by atoms with E-state index in [0.29, 0.717) is 12.5 Å². The molecule has 2 N–H and O–H groups in total. The minimum atomic E-state index is 0.474. The van der Waals surface area contributed by atoms with Gasteiger partial charge in [-0.2, -0.15) is 5.26 Å². The molecular weight excluding hydrogens is 230 g/mol. The number of anilines is 1. The fourth-order valence-corrected chi connectivity index (χ4v) is 1.48. The zero-order valence-electron chi connectivity index (χ0n) is 11.2. The topological polar surface area (TPSA) is 81.3 Å². The first-order chi connectivity index (χ1) is 8.60. The van der Waals surface area contributed by atoms with Crippen molar-refractivity contribution in [1.29, 1.82) is 5.26 Å². The Kier molecular flexibility index (Phi) is 4.99. The number of guanidine groups is 1. The summed E-state index contributed by atoms with van der Waals surface area (Å²) in [6, 6.07) is 0. The van der Waals surface area contributed by atoms with Crippen LogP contribution in [0.15, 0.2) is 11.2 Å². The number of hydrogen-bond donors (Lipinski definition) is 2. The molecule has 0 unspecified atom stereocenters. The van der Waals surface area contributed by atoms with Gasteiger partial charge in [0, 0.05) is 33.4 Å². The summed E-state index contributed by atoms with van der Waals surface area (Å²) in [4.78, 5) is 10.6. The third kappa shape index (κ3) is 3.38. The van der Waals surface area contributed by atoms with Crippen molar-refractivity contribution in [2.24, 2.45) is 12.0 Å². The summed E-state index contributed by atoms with van der Waals surface area (Å²) in [7, 11) is 5.66. The van der Waals surface area contributed by atoms with Gasteiger partial charge in [-0.25, -0.2) is 4.98 Å². The summed E-state index contributed by atoms with van der Waals surface area (Å²) in [5.41, 5.74) is 1.11. The van der Waals surface area contributed by atoms with E-state index in [1.165, 1.54) is 0 Å². The summed E-state index contributed by atoms with van der Waals surface area (Å²) >= 11 is 0. The van der Waals surface area contributed by atoms with E-state index < -0.39 is 0 Å². The Morgan fingerprint density at radius 2 is 2.39 bits per heavy atom. The van der Waals surface area contributed by atoms with Crippen molar-refractivity contribution in [3.63, 3.8) is 0 Å². The van der Waals surface area contributed by atoms with E-state index in [1.54, 1.807) is 7.05 Å². The lowest BCUT2D eigenvalue weighted by Gasteiger charge is -2.17. The third-order valence-electron chi connectivity index (χ3n) is 2.65. The highest BCUT2D eigenvalue weighted by Gasteiger charge is 2.07. The summed E-state index contributed by atoms with van der Waals surface area (Å²) in [5.74, 6) is 1.38. The maximum Gasteiger partial charge on any atom is 0.205 e. The molecule has 0 aliphatic carbocycles. The molecule has 0 saturated heterocycles. The van der Waals surface area contributed by atoms with Gasteiger partial charge in [0.1, 0.15) is 0 Å². The van der Waals surface area contributed by atoms with Crippen molar-refractivity contribution in [2.45, 2.75) is 6.92 Å². The molecule has 1 aromatic rings. The summed E-state index contributed by atoms with van der Waals surface area (Å²) in [6.07, 6.45) is 3.67. The van der Waals surface area contributed by atoms with Crippen molar-refractivity contribution >= 4 is 11.9 Å². The molecule has 0 atom stereocenters. The van der Waals surface area contributed by atoms with Crippen LogP contribution in [0.1, 0.15) is 5.69 Å². The molecule has 18 heavy (non-hydrogen) atoms. The second kappa shape index (κ2) is 6.49. The minimum Gasteiger partial charge on any atom is -0.359 e. The molecule has 98 valence electrons. The number of nitriles is 1. The number of nitrogens with one attached hydrogen (secondary N) is 2. The average Bonchev–Trinajstić information content (AvgIpc) is 2.69. The molecule has 1 heterocycles. The predicted molar refractivity (Wildman–Crippen MR) is 71.3 cm³/mol. The van der Waals surface area contributed by atoms with Crippen LogP contribution < -0.4 is 15.5 Å². The minimum absolute atomic E-state index is 0.474. The monoisotopic (exact) mass is 249 g/mol. The predicted octanol–water partition coefficient (Wildman–Crippen LogP) is -0.189. The van der Waals surface area contributed by atoms with E-state index in [4.69, 9.17) is 5.26 Å². The van der Waals surface area contributed by atoms with Crippen LogP contribution >= 0.6 is 0 Å². The highest BCUT2D eigenvalue weighted by molar-refractivity contribution is 5.80. The summed E-state index contributed by atoms with van der Waals surface area (Å²) < 4.78 is 2.02. The molecule has 0 amide bonds. The SMILES string of the molecule is CNC(=NCCN(C)c1ncc(C)n1C)NC#N. The number of hydrogen-bond acceptors (Lipinski definition) is 4. The molecule has 0 aliphatic heterocycles. The Bertz CT molecular complexity index is 454. The quantitative estimate of drug-likeness (QED) is 0.334. The Hall–Kier alpha value is -2.23. The van der Waals surface area contributed by atoms with Gasteiger partial charge in [-0.3, -0.25) is 10.3 Å². The first-order valence-corrected chi connectivity index (χ1v) is 5.67. The first-order valence-electron chi connectivity index (χ1n) is 5.67. The van der Waals surface area contributed by atoms with Crippen LogP contribution in [0.5, 0.6) is 0 Å². The van der Waals surface area contributed by atoms with Crippen molar-refractivity contribution in [3.05, 3.63) is 11.9 Å². The molecule has 0 fully saturated rings. The highest BCUT2D eigenvalue weighted by Crippen LogP contribution is 2.10. The van der Waals surface area contributed by atoms with Crippen LogP contribution in [0.2, 0.25) is 0 Å². The number of aromatic nitrogens is 2. The van der Waals surface area contributed by atoms with E-state index >= 15 is 0 Å². The normalized spacial score (nSPS) is 10.9. The largest absolute Gasteiger partial charge is 0.359 e. The molecule has 0 spiro atoms. The molecule has 0 aliphatic rings. The fraction of sp³-hybridized carbons (Fsp3) is 0.545. The average molecular weight is 249 g/mol. The number of imidazole rings is 1. The summed E-state index contributed by atoms with van der Waals surface area (Å²) in [6.45, 7) is 3.31. The molecule has 7 nitrogen and oxygen atoms in total. The Morgan fingerprint density at radius 3 is 2.89 bits per heavy atom. The zero-order chi connectivity index (χ0) is 13.5. The molecule has 0 saturated carbocycles. The van der Waals surface area contributed by atoms with Crippen LogP contribution in [0.3, 0.4) is 0 Å². The van der Waals surface area contributed by atoms with Gasteiger partial charge in [0.2, 0.25) is 11.9 Å². The van der Waals surface area contributed by atoms with E-state index in [-0.39, 0.29) is 0 Å². The van der Waals surface area contributed by atoms with E-state index in [1.807, 2.05) is 42.9 Å². The molecule has 0 bridgehead atoms. The lowest BCUT2D eigenvalue weighted by Crippen LogP contribution is -2.32. The number of aliphatic imine (C=N–C) groups is 1. The lowest BCUT2D eigenvalue weighted by molar-refractivity contribution is 0.783. The van der Waals surface area contributed by atoms with Crippen molar-refractivity contribution in [2.75, 3.05) is 32.1 Å². The van der Waals surface area contributed by atoms with Crippen LogP contribution in [-0.4, -0.2) is 42.7 Å². The van der Waals surface area contributed by atoms with Gasteiger partial charge < -0.3 is 14.8 Å². The van der Waals surface area contributed by atoms with Crippen LogP contribution in [0.4, 0.5) is 5.95 Å². The second-order valence-corrected chi connectivity index (χ2v) is 3.90. The number of rotatable bonds is 4. The van der Waals surface area contributed by atoms with Crippen molar-refractivity contribution < 1.29 is 0 Å². The van der Waals surface area contributed by atoms with Gasteiger partial charge in [0.25, 0.3) is 0 Å². The Morgan fingerprint density at radius 1 is 1.67 bits per heavy atom. The van der Waals surface area contributed by atoms with Crippen LogP contribution in [0, 0.1) is 18.4 Å². The molecular formula is C11H19N7. The van der Waals surface area contributed by atoms with Gasteiger partial charge in [-0.1, -0.05) is 0 Å². The molecule has 1 aromatic heterocycles. The number of likely N-dealkylation sites (N-methyl/N-ethyl adjacent to an activating group) is 1. The van der Waals surface area contributed by atoms with Gasteiger partial charge in [0.05, 0.1) is 12.7 Å². The summed E-state index contributed by atoms with van der Waals surface area (Å²) in [5, 5.41) is 13.8. The van der Waals surface area contributed by atoms with Crippen LogP contribution in [0.25, 0.3) is 0 Å². The maximum absolute atomic E-state index is 8.49. The van der Waals surface area contributed by atoms with E-state index in [9.17, 15) is 0 Å². The molecule has 0 radical (unpaired) electrons. The lowest BCUT2D eigenvalue weighted by atomic mass is 10.5. The van der Waals surface area contributed by atoms with Crippen LogP contribution in [-0.2, 0) is 7.05 Å². The Balaban J connectivity index is 2.54. The maximum atomic E-state index is 8.49. The molecule has 7 heteroatoms. The first kappa shape index (κ1) is 13.8. The second-order valence-electron chi connectivity index (χ2n) is 3.90. The number of aryl methyl sites for hydroxylation is 1. The van der Waals surface area contributed by atoms with Crippen molar-refractivity contribution in [3.8, 4) is 6.19 Å². The van der Waals surface area contributed by atoms with Gasteiger partial charge in [-0.05, 0) is 6.92 Å². The van der Waals surface area contributed by atoms with E-state index in [0.717, 1.165) is 18.2 Å². The fourth-order valence-electron chi connectivity index (χ4n) is 1.48. The third-order valence-corrected chi connectivity index (χ3v) is 2.65. The van der Waals surface area contributed by atoms with Gasteiger partial charge in [0.15, 0.2) is 6.19 Å². The smallest absolute Gasteiger partial charge is 0.205 e. The van der Waals surface area contributed by atoms with Crippen molar-refractivity contribution in [1.82, 2.24) is 20.2 Å². The number of nitrogens with zero attached hydrogens (tertiary/aromatic N) is 5.